The monoisotopic (exact) mass is 390 g/mol. The molecule has 0 radical (unpaired) electrons. The van der Waals surface area contributed by atoms with E-state index in [0.29, 0.717) is 41.7 Å². The van der Waals surface area contributed by atoms with Gasteiger partial charge in [0.25, 0.3) is 5.91 Å². The van der Waals surface area contributed by atoms with E-state index >= 15 is 0 Å². The number of carbonyl (C=O) groups excluding carboxylic acids is 1. The van der Waals surface area contributed by atoms with Crippen LogP contribution >= 0.6 is 0 Å². The number of hydrogen-bond donors (Lipinski definition) is 1. The minimum Gasteiger partial charge on any atom is -0.369 e. The average molecular weight is 391 g/mol. The van der Waals surface area contributed by atoms with E-state index in [1.54, 1.807) is 4.90 Å². The molecule has 2 unspecified atom stereocenters. The van der Waals surface area contributed by atoms with Crippen molar-refractivity contribution in [3.8, 4) is 6.07 Å². The second-order valence-corrected chi connectivity index (χ2v) is 10.2. The zero-order chi connectivity index (χ0) is 20.6. The molecule has 1 aromatic rings. The van der Waals surface area contributed by atoms with Crippen molar-refractivity contribution < 1.29 is 4.79 Å². The van der Waals surface area contributed by atoms with Crippen LogP contribution in [-0.2, 0) is 16.8 Å². The fraction of sp³-hybridized carbons (Fsp3) is 0.625. The molecular formula is C24H30N4O. The van der Waals surface area contributed by atoms with Crippen molar-refractivity contribution in [1.29, 1.82) is 5.26 Å². The number of carbonyl (C=O) groups is 1. The van der Waals surface area contributed by atoms with Crippen LogP contribution in [0.4, 0.5) is 0 Å². The maximum Gasteiger partial charge on any atom is 0.262 e. The van der Waals surface area contributed by atoms with Gasteiger partial charge in [0.15, 0.2) is 11.5 Å². The number of guanidine groups is 1. The third-order valence-corrected chi connectivity index (χ3v) is 8.40. The van der Waals surface area contributed by atoms with E-state index in [4.69, 9.17) is 10.7 Å². The summed E-state index contributed by atoms with van der Waals surface area (Å²) in [6.07, 6.45) is 5.10. The van der Waals surface area contributed by atoms with E-state index in [9.17, 15) is 10.1 Å². The summed E-state index contributed by atoms with van der Waals surface area (Å²) >= 11 is 0. The Bertz CT molecular complexity index is 944. The first-order valence-electron chi connectivity index (χ1n) is 11.0. The van der Waals surface area contributed by atoms with Crippen LogP contribution in [0.25, 0.3) is 0 Å². The van der Waals surface area contributed by atoms with Gasteiger partial charge in [-0.1, -0.05) is 26.8 Å². The van der Waals surface area contributed by atoms with Gasteiger partial charge in [0.05, 0.1) is 11.6 Å². The van der Waals surface area contributed by atoms with Crippen LogP contribution in [0.1, 0.15) is 63.1 Å². The number of nitriles is 1. The largest absolute Gasteiger partial charge is 0.369 e. The first-order valence-corrected chi connectivity index (χ1v) is 11.0. The standard InChI is InChI=1S/C24H30N4O/c1-14-9-23(10-15(2)16(14)3)11-19-7-6-18(12-25)8-20(19)24(23)21(29)28(22(26)27-24)13-17-4-5-17/h6-8,14-17H,4-5,9-11,13H2,1-3H3,(H2,26,27)/t14-,15+,16?,23?,24-/m1/s1. The maximum atomic E-state index is 14.1. The van der Waals surface area contributed by atoms with Crippen molar-refractivity contribution in [2.45, 2.75) is 58.4 Å². The minimum absolute atomic E-state index is 0.0460. The molecule has 3 aliphatic carbocycles. The molecule has 2 spiro atoms. The SMILES string of the molecule is CC1[C@H](C)CC2(Cc3ccc(C#N)cc3[C@]23N=C(N)N(CC2CC2)C3=O)C[C@@H]1C. The summed E-state index contributed by atoms with van der Waals surface area (Å²) in [4.78, 5) is 20.8. The lowest BCUT2D eigenvalue weighted by Gasteiger charge is -2.50. The molecule has 5 heteroatoms. The number of benzene rings is 1. The number of hydrogen-bond acceptors (Lipinski definition) is 4. The van der Waals surface area contributed by atoms with Gasteiger partial charge in [-0.05, 0) is 79.0 Å². The van der Waals surface area contributed by atoms with Crippen molar-refractivity contribution in [1.82, 2.24) is 4.90 Å². The fourth-order valence-electron chi connectivity index (χ4n) is 6.44. The lowest BCUT2D eigenvalue weighted by molar-refractivity contribution is -0.139. The van der Waals surface area contributed by atoms with E-state index in [-0.39, 0.29) is 11.3 Å². The van der Waals surface area contributed by atoms with Gasteiger partial charge in [-0.15, -0.1) is 0 Å². The van der Waals surface area contributed by atoms with Crippen LogP contribution in [-0.4, -0.2) is 23.3 Å². The molecule has 2 fully saturated rings. The van der Waals surface area contributed by atoms with Crippen LogP contribution in [0.15, 0.2) is 23.2 Å². The van der Waals surface area contributed by atoms with Gasteiger partial charge in [0.2, 0.25) is 0 Å². The molecule has 1 aromatic carbocycles. The Morgan fingerprint density at radius 3 is 2.55 bits per heavy atom. The molecule has 4 aliphatic rings. The Morgan fingerprint density at radius 2 is 1.93 bits per heavy atom. The molecule has 29 heavy (non-hydrogen) atoms. The van der Waals surface area contributed by atoms with Gasteiger partial charge in [0.1, 0.15) is 0 Å². The Morgan fingerprint density at radius 1 is 1.24 bits per heavy atom. The molecule has 5 nitrogen and oxygen atoms in total. The molecule has 2 saturated carbocycles. The number of fused-ring (bicyclic) bond motifs is 3. The molecule has 1 aliphatic heterocycles. The topological polar surface area (TPSA) is 82.5 Å². The number of rotatable bonds is 2. The zero-order valence-electron chi connectivity index (χ0n) is 17.6. The first-order chi connectivity index (χ1) is 13.8. The lowest BCUT2D eigenvalue weighted by Crippen LogP contribution is -2.54. The number of nitrogens with two attached hydrogens (primary N) is 1. The fourth-order valence-corrected chi connectivity index (χ4v) is 6.44. The van der Waals surface area contributed by atoms with Gasteiger partial charge >= 0.3 is 0 Å². The van der Waals surface area contributed by atoms with Crippen LogP contribution in [0.5, 0.6) is 0 Å². The molecule has 1 heterocycles. The molecule has 152 valence electrons. The minimum atomic E-state index is -0.961. The summed E-state index contributed by atoms with van der Waals surface area (Å²) in [5, 5.41) is 9.51. The molecule has 2 N–H and O–H groups in total. The van der Waals surface area contributed by atoms with E-state index in [1.807, 2.05) is 18.2 Å². The third kappa shape index (κ3) is 2.44. The highest BCUT2D eigenvalue weighted by Gasteiger charge is 2.68. The summed E-state index contributed by atoms with van der Waals surface area (Å²) in [7, 11) is 0. The molecule has 5 rings (SSSR count). The first kappa shape index (κ1) is 18.7. The maximum absolute atomic E-state index is 14.1. The van der Waals surface area contributed by atoms with E-state index in [2.05, 4.69) is 26.8 Å². The summed E-state index contributed by atoms with van der Waals surface area (Å²) in [6.45, 7) is 7.64. The Hall–Kier alpha value is -2.35. The molecular weight excluding hydrogens is 360 g/mol. The zero-order valence-corrected chi connectivity index (χ0v) is 17.6. The lowest BCUT2D eigenvalue weighted by atomic mass is 9.55. The van der Waals surface area contributed by atoms with Crippen molar-refractivity contribution >= 4 is 11.9 Å². The Kier molecular flexibility index (Phi) is 3.91. The molecule has 0 bridgehead atoms. The Balaban J connectivity index is 1.69. The molecule has 0 saturated heterocycles. The van der Waals surface area contributed by atoms with E-state index in [0.717, 1.165) is 43.2 Å². The second kappa shape index (κ2) is 6.08. The summed E-state index contributed by atoms with van der Waals surface area (Å²) < 4.78 is 0. The normalized spacial score (nSPS) is 38.4. The van der Waals surface area contributed by atoms with Crippen LogP contribution in [0.3, 0.4) is 0 Å². The van der Waals surface area contributed by atoms with Gasteiger partial charge in [-0.2, -0.15) is 5.26 Å². The smallest absolute Gasteiger partial charge is 0.262 e. The van der Waals surface area contributed by atoms with Gasteiger partial charge in [-0.3, -0.25) is 9.69 Å². The molecule has 0 aromatic heterocycles. The predicted molar refractivity (Wildman–Crippen MR) is 112 cm³/mol. The van der Waals surface area contributed by atoms with Crippen LogP contribution < -0.4 is 5.73 Å². The summed E-state index contributed by atoms with van der Waals surface area (Å²) in [6, 6.07) is 8.08. The highest BCUT2D eigenvalue weighted by Crippen LogP contribution is 2.64. The number of amides is 1. The predicted octanol–water partition coefficient (Wildman–Crippen LogP) is 3.57. The quantitative estimate of drug-likeness (QED) is 0.838. The number of aliphatic imine (C=N–C) groups is 1. The van der Waals surface area contributed by atoms with Crippen LogP contribution in [0, 0.1) is 40.4 Å². The van der Waals surface area contributed by atoms with Gasteiger partial charge in [0, 0.05) is 12.0 Å². The summed E-state index contributed by atoms with van der Waals surface area (Å²) in [5.74, 6) is 2.62. The molecule has 1 amide bonds. The van der Waals surface area contributed by atoms with Crippen molar-refractivity contribution in [3.63, 3.8) is 0 Å². The van der Waals surface area contributed by atoms with Gasteiger partial charge < -0.3 is 5.73 Å². The van der Waals surface area contributed by atoms with Crippen molar-refractivity contribution in [2.24, 2.45) is 39.8 Å². The Labute approximate surface area is 173 Å². The summed E-state index contributed by atoms with van der Waals surface area (Å²) in [5.41, 5.74) is 7.87. The average Bonchev–Trinajstić information content (AvgIpc) is 3.43. The molecule has 5 atom stereocenters. The highest BCUT2D eigenvalue weighted by molar-refractivity contribution is 6.08. The van der Waals surface area contributed by atoms with E-state index < -0.39 is 5.54 Å². The van der Waals surface area contributed by atoms with Gasteiger partial charge in [-0.25, -0.2) is 4.99 Å². The second-order valence-electron chi connectivity index (χ2n) is 10.2. The van der Waals surface area contributed by atoms with Crippen molar-refractivity contribution in [3.05, 3.63) is 34.9 Å². The van der Waals surface area contributed by atoms with E-state index in [1.165, 1.54) is 0 Å². The van der Waals surface area contributed by atoms with Crippen LogP contribution in [0.2, 0.25) is 0 Å². The third-order valence-electron chi connectivity index (χ3n) is 8.40. The highest BCUT2D eigenvalue weighted by atomic mass is 16.2. The number of nitrogens with zero attached hydrogens (tertiary/aromatic N) is 3. The van der Waals surface area contributed by atoms with Crippen molar-refractivity contribution in [2.75, 3.05) is 6.54 Å².